The number of alkyl halides is 3. The first-order valence-corrected chi connectivity index (χ1v) is 7.75. The second-order valence-corrected chi connectivity index (χ2v) is 6.41. The van der Waals surface area contributed by atoms with Crippen LogP contribution in [0.5, 0.6) is 0 Å². The van der Waals surface area contributed by atoms with Crippen LogP contribution >= 0.6 is 0 Å². The fourth-order valence-electron chi connectivity index (χ4n) is 2.36. The molecule has 0 bridgehead atoms. The van der Waals surface area contributed by atoms with E-state index in [1.165, 1.54) is 24.3 Å². The number of aliphatic carboxylic acids is 1. The zero-order valence-electron chi connectivity index (χ0n) is 14.2. The molecular formula is C17H18F3N3O3. The lowest BCUT2D eigenvalue weighted by Gasteiger charge is -2.25. The van der Waals surface area contributed by atoms with Crippen LogP contribution in [0.25, 0.3) is 5.69 Å². The molecule has 0 aliphatic heterocycles. The van der Waals surface area contributed by atoms with Crippen LogP contribution in [0.1, 0.15) is 42.7 Å². The number of hydrogen-bond donors (Lipinski definition) is 2. The number of carboxylic acids is 1. The van der Waals surface area contributed by atoms with Gasteiger partial charge in [0.25, 0.3) is 5.91 Å². The van der Waals surface area contributed by atoms with Crippen molar-refractivity contribution in [2.24, 2.45) is 0 Å². The molecule has 2 N–H and O–H groups in total. The van der Waals surface area contributed by atoms with E-state index < -0.39 is 29.3 Å². The maximum absolute atomic E-state index is 13.0. The minimum atomic E-state index is -4.58. The molecule has 6 nitrogen and oxygen atoms in total. The van der Waals surface area contributed by atoms with Crippen molar-refractivity contribution in [3.63, 3.8) is 0 Å². The Labute approximate surface area is 147 Å². The molecule has 0 fully saturated rings. The van der Waals surface area contributed by atoms with E-state index in [9.17, 15) is 22.8 Å². The van der Waals surface area contributed by atoms with Crippen molar-refractivity contribution in [2.75, 3.05) is 0 Å². The molecule has 0 atom stereocenters. The van der Waals surface area contributed by atoms with Crippen molar-refractivity contribution in [1.82, 2.24) is 15.1 Å². The van der Waals surface area contributed by atoms with Gasteiger partial charge in [-0.3, -0.25) is 9.59 Å². The molecule has 0 aliphatic rings. The van der Waals surface area contributed by atoms with Gasteiger partial charge in [0.15, 0.2) is 0 Å². The van der Waals surface area contributed by atoms with Crippen molar-refractivity contribution in [3.05, 3.63) is 47.8 Å². The summed E-state index contributed by atoms with van der Waals surface area (Å²) in [5, 5.41) is 15.1. The Morgan fingerprint density at radius 2 is 1.92 bits per heavy atom. The molecule has 0 aliphatic carbocycles. The van der Waals surface area contributed by atoms with Gasteiger partial charge >= 0.3 is 12.1 Å². The Kier molecular flexibility index (Phi) is 5.38. The van der Waals surface area contributed by atoms with Gasteiger partial charge in [0.05, 0.1) is 11.9 Å². The van der Waals surface area contributed by atoms with E-state index in [-0.39, 0.29) is 24.1 Å². The Hall–Kier alpha value is -2.84. The largest absolute Gasteiger partial charge is 0.481 e. The highest BCUT2D eigenvalue weighted by Gasteiger charge is 2.35. The molecule has 26 heavy (non-hydrogen) atoms. The first kappa shape index (κ1) is 19.5. The summed E-state index contributed by atoms with van der Waals surface area (Å²) in [7, 11) is 0. The van der Waals surface area contributed by atoms with Crippen molar-refractivity contribution < 1.29 is 27.9 Å². The average Bonchev–Trinajstić information content (AvgIpc) is 3.03. The molecule has 1 heterocycles. The van der Waals surface area contributed by atoms with Gasteiger partial charge in [0.2, 0.25) is 0 Å². The Morgan fingerprint density at radius 3 is 2.54 bits per heavy atom. The lowest BCUT2D eigenvalue weighted by molar-refractivity contribution is -0.143. The van der Waals surface area contributed by atoms with E-state index in [4.69, 9.17) is 5.11 Å². The summed E-state index contributed by atoms with van der Waals surface area (Å²) < 4.78 is 39.7. The van der Waals surface area contributed by atoms with Crippen molar-refractivity contribution in [3.8, 4) is 5.69 Å². The normalized spacial score (nSPS) is 12.0. The summed E-state index contributed by atoms with van der Waals surface area (Å²) in [5.41, 5.74) is -1.49. The van der Waals surface area contributed by atoms with Gasteiger partial charge in [-0.05, 0) is 44.5 Å². The Balaban J connectivity index is 2.23. The third-order valence-corrected chi connectivity index (χ3v) is 3.70. The predicted molar refractivity (Wildman–Crippen MR) is 87.0 cm³/mol. The highest BCUT2D eigenvalue weighted by Crippen LogP contribution is 2.30. The van der Waals surface area contributed by atoms with Gasteiger partial charge in [0, 0.05) is 17.5 Å². The third-order valence-electron chi connectivity index (χ3n) is 3.70. The summed E-state index contributed by atoms with van der Waals surface area (Å²) in [5.74, 6) is -1.49. The number of halogens is 3. The van der Waals surface area contributed by atoms with Crippen LogP contribution < -0.4 is 5.32 Å². The molecule has 0 saturated carbocycles. The van der Waals surface area contributed by atoms with Gasteiger partial charge in [-0.25, -0.2) is 4.68 Å². The molecule has 0 saturated heterocycles. The van der Waals surface area contributed by atoms with E-state index in [0.29, 0.717) is 4.68 Å². The van der Waals surface area contributed by atoms with Gasteiger partial charge in [0.1, 0.15) is 5.69 Å². The summed E-state index contributed by atoms with van der Waals surface area (Å²) in [6, 6.07) is 6.47. The lowest BCUT2D eigenvalue weighted by atomic mass is 9.97. The number of nitrogens with zero attached hydrogens (tertiary/aromatic N) is 2. The third kappa shape index (κ3) is 4.84. The second kappa shape index (κ2) is 7.19. The van der Waals surface area contributed by atoms with Crippen molar-refractivity contribution in [1.29, 1.82) is 0 Å². The summed E-state index contributed by atoms with van der Waals surface area (Å²) in [6.07, 6.45) is -3.45. The Morgan fingerprint density at radius 1 is 1.23 bits per heavy atom. The molecule has 2 rings (SSSR count). The summed E-state index contributed by atoms with van der Waals surface area (Å²) in [4.78, 5) is 23.1. The van der Waals surface area contributed by atoms with Crippen molar-refractivity contribution in [2.45, 2.75) is 38.4 Å². The zero-order chi connectivity index (χ0) is 19.5. The van der Waals surface area contributed by atoms with Crippen LogP contribution in [0.3, 0.4) is 0 Å². The fraction of sp³-hybridized carbons (Fsp3) is 0.353. The number of nitrogens with one attached hydrogen (secondary N) is 1. The van der Waals surface area contributed by atoms with E-state index >= 15 is 0 Å². The SMILES string of the molecule is CC(C)(CCC(=O)O)NC(=O)c1cccc(-n2nccc2C(F)(F)F)c1. The molecule has 0 spiro atoms. The number of carboxylic acid groups (broad SMARTS) is 1. The first-order valence-electron chi connectivity index (χ1n) is 7.75. The van der Waals surface area contributed by atoms with Gasteiger partial charge in [-0.15, -0.1) is 0 Å². The monoisotopic (exact) mass is 369 g/mol. The molecule has 2 aromatic rings. The van der Waals surface area contributed by atoms with Gasteiger partial charge in [-0.2, -0.15) is 18.3 Å². The van der Waals surface area contributed by atoms with E-state index in [1.807, 2.05) is 0 Å². The van der Waals surface area contributed by atoms with Crippen LogP contribution in [0, 0.1) is 0 Å². The smallest absolute Gasteiger partial charge is 0.433 e. The molecule has 0 unspecified atom stereocenters. The average molecular weight is 369 g/mol. The van der Waals surface area contributed by atoms with Gasteiger partial charge in [-0.1, -0.05) is 6.07 Å². The Bertz CT molecular complexity index is 813. The molecule has 0 radical (unpaired) electrons. The van der Waals surface area contributed by atoms with Crippen LogP contribution in [0.4, 0.5) is 13.2 Å². The van der Waals surface area contributed by atoms with Crippen LogP contribution in [0.15, 0.2) is 36.5 Å². The molecule has 1 aromatic heterocycles. The maximum Gasteiger partial charge on any atom is 0.433 e. The number of aromatic nitrogens is 2. The maximum atomic E-state index is 13.0. The predicted octanol–water partition coefficient (Wildman–Crippen LogP) is 3.26. The molecule has 1 aromatic carbocycles. The zero-order valence-corrected chi connectivity index (χ0v) is 14.2. The number of hydrogen-bond acceptors (Lipinski definition) is 3. The number of amides is 1. The topological polar surface area (TPSA) is 84.2 Å². The van der Waals surface area contributed by atoms with E-state index in [2.05, 4.69) is 10.4 Å². The summed E-state index contributed by atoms with van der Waals surface area (Å²) >= 11 is 0. The first-order chi connectivity index (χ1) is 12.0. The number of carbonyl (C=O) groups excluding carboxylic acids is 1. The lowest BCUT2D eigenvalue weighted by Crippen LogP contribution is -2.43. The minimum Gasteiger partial charge on any atom is -0.481 e. The highest BCUT2D eigenvalue weighted by atomic mass is 19.4. The standard InChI is InChI=1S/C17H18F3N3O3/c1-16(2,8-6-14(24)25)22-15(26)11-4-3-5-12(10-11)23-13(7-9-21-23)17(18,19)20/h3-5,7,9-10H,6,8H2,1-2H3,(H,22,26)(H,24,25). The minimum absolute atomic E-state index is 0.0957. The molecule has 9 heteroatoms. The number of rotatable bonds is 6. The number of benzene rings is 1. The van der Waals surface area contributed by atoms with E-state index in [0.717, 1.165) is 12.3 Å². The van der Waals surface area contributed by atoms with Crippen molar-refractivity contribution >= 4 is 11.9 Å². The van der Waals surface area contributed by atoms with Crippen LogP contribution in [-0.4, -0.2) is 32.3 Å². The van der Waals surface area contributed by atoms with E-state index in [1.54, 1.807) is 13.8 Å². The van der Waals surface area contributed by atoms with Crippen LogP contribution in [0.2, 0.25) is 0 Å². The quantitative estimate of drug-likeness (QED) is 0.819. The van der Waals surface area contributed by atoms with Gasteiger partial charge < -0.3 is 10.4 Å². The highest BCUT2D eigenvalue weighted by molar-refractivity contribution is 5.95. The number of carbonyl (C=O) groups is 2. The summed E-state index contributed by atoms with van der Waals surface area (Å²) in [6.45, 7) is 3.35. The fourth-order valence-corrected chi connectivity index (χ4v) is 2.36. The molecule has 140 valence electrons. The van der Waals surface area contributed by atoms with Crippen LogP contribution in [-0.2, 0) is 11.0 Å². The molecular weight excluding hydrogens is 351 g/mol. The second-order valence-electron chi connectivity index (χ2n) is 6.41. The molecule has 1 amide bonds.